The molecular weight excluding hydrogens is 448 g/mol. The van der Waals surface area contributed by atoms with Crippen molar-refractivity contribution in [2.75, 3.05) is 0 Å². The Bertz CT molecular complexity index is 1190. The van der Waals surface area contributed by atoms with E-state index in [1.54, 1.807) is 0 Å². The monoisotopic (exact) mass is 490 g/mol. The second-order valence-electron chi connectivity index (χ2n) is 10.1. The van der Waals surface area contributed by atoms with E-state index < -0.39 is 0 Å². The Labute approximate surface area is 224 Å². The predicted octanol–water partition coefficient (Wildman–Crippen LogP) is 10.2. The van der Waals surface area contributed by atoms with Crippen molar-refractivity contribution in [3.05, 3.63) is 108 Å². The van der Waals surface area contributed by atoms with Gasteiger partial charge in [-0.2, -0.15) is 5.10 Å². The fourth-order valence-electron chi connectivity index (χ4n) is 4.86. The fraction of sp³-hybridized carbons (Fsp3) is 0.343. The van der Waals surface area contributed by atoms with Crippen LogP contribution in [0.15, 0.2) is 91.0 Å². The Morgan fingerprint density at radius 2 is 1.22 bits per heavy atom. The molecule has 192 valence electrons. The molecule has 37 heavy (non-hydrogen) atoms. The van der Waals surface area contributed by atoms with Gasteiger partial charge in [-0.15, -0.1) is 0 Å². The largest absolute Gasteiger partial charge is 0.233 e. The molecule has 0 aliphatic heterocycles. The standard InChI is InChI=1S/C35H42N2/c1-2-3-4-5-6-7-8-9-10-13-20-31-24-27-34(28-25-31)37-35(32-21-16-12-17-22-32)29-33(36-37)26-23-30-18-14-11-15-19-30/h11-12,14-19,21-29H,2-10,13,20H2,1H3. The van der Waals surface area contributed by atoms with Crippen LogP contribution in [0.3, 0.4) is 0 Å². The highest BCUT2D eigenvalue weighted by Gasteiger charge is 2.10. The molecular formula is C35H42N2. The van der Waals surface area contributed by atoms with Crippen LogP contribution in [0.5, 0.6) is 0 Å². The molecule has 0 aliphatic rings. The van der Waals surface area contributed by atoms with E-state index in [-0.39, 0.29) is 0 Å². The molecule has 0 radical (unpaired) electrons. The summed E-state index contributed by atoms with van der Waals surface area (Å²) in [5, 5.41) is 4.96. The van der Waals surface area contributed by atoms with E-state index in [2.05, 4.69) is 109 Å². The zero-order chi connectivity index (χ0) is 25.5. The molecule has 2 heteroatoms. The molecule has 2 nitrogen and oxygen atoms in total. The third-order valence-electron chi connectivity index (χ3n) is 7.04. The third-order valence-corrected chi connectivity index (χ3v) is 7.04. The fourth-order valence-corrected chi connectivity index (χ4v) is 4.86. The number of unbranched alkanes of at least 4 members (excludes halogenated alkanes) is 9. The van der Waals surface area contributed by atoms with E-state index in [4.69, 9.17) is 5.10 Å². The normalized spacial score (nSPS) is 11.4. The summed E-state index contributed by atoms with van der Waals surface area (Å²) in [6.45, 7) is 2.29. The molecule has 1 heterocycles. The number of aryl methyl sites for hydroxylation is 1. The summed E-state index contributed by atoms with van der Waals surface area (Å²) in [5.41, 5.74) is 6.93. The van der Waals surface area contributed by atoms with Gasteiger partial charge in [0.15, 0.2) is 0 Å². The van der Waals surface area contributed by atoms with Crippen LogP contribution in [0.1, 0.15) is 88.0 Å². The Morgan fingerprint density at radius 1 is 0.622 bits per heavy atom. The molecule has 0 atom stereocenters. The van der Waals surface area contributed by atoms with Crippen molar-refractivity contribution in [2.45, 2.75) is 77.6 Å². The summed E-state index contributed by atoms with van der Waals surface area (Å²) in [6.07, 6.45) is 19.2. The van der Waals surface area contributed by atoms with E-state index in [1.807, 2.05) is 6.07 Å². The maximum absolute atomic E-state index is 4.96. The van der Waals surface area contributed by atoms with E-state index in [1.165, 1.54) is 80.9 Å². The molecule has 1 aromatic heterocycles. The van der Waals surface area contributed by atoms with Gasteiger partial charge in [-0.3, -0.25) is 0 Å². The van der Waals surface area contributed by atoms with Crippen LogP contribution in [-0.4, -0.2) is 9.78 Å². The number of benzene rings is 3. The van der Waals surface area contributed by atoms with Crippen LogP contribution in [0.2, 0.25) is 0 Å². The van der Waals surface area contributed by atoms with Gasteiger partial charge in [0.1, 0.15) is 0 Å². The van der Waals surface area contributed by atoms with Crippen molar-refractivity contribution in [1.29, 1.82) is 0 Å². The zero-order valence-electron chi connectivity index (χ0n) is 22.5. The first-order chi connectivity index (χ1) is 18.3. The quantitative estimate of drug-likeness (QED) is 0.152. The van der Waals surface area contributed by atoms with E-state index >= 15 is 0 Å². The number of hydrogen-bond acceptors (Lipinski definition) is 1. The minimum Gasteiger partial charge on any atom is -0.233 e. The van der Waals surface area contributed by atoms with Crippen LogP contribution >= 0.6 is 0 Å². The average Bonchev–Trinajstić information content (AvgIpc) is 3.39. The highest BCUT2D eigenvalue weighted by molar-refractivity contribution is 5.72. The lowest BCUT2D eigenvalue weighted by Gasteiger charge is -2.09. The highest BCUT2D eigenvalue weighted by atomic mass is 15.3. The Morgan fingerprint density at radius 3 is 1.86 bits per heavy atom. The van der Waals surface area contributed by atoms with Crippen LogP contribution in [0.25, 0.3) is 29.1 Å². The van der Waals surface area contributed by atoms with Gasteiger partial charge in [0.2, 0.25) is 0 Å². The van der Waals surface area contributed by atoms with E-state index in [0.717, 1.165) is 23.5 Å². The number of aromatic nitrogens is 2. The Balaban J connectivity index is 1.35. The summed E-state index contributed by atoms with van der Waals surface area (Å²) >= 11 is 0. The Kier molecular flexibility index (Phi) is 10.8. The molecule has 0 N–H and O–H groups in total. The molecule has 0 amide bonds. The van der Waals surface area contributed by atoms with Crippen LogP contribution in [0.4, 0.5) is 0 Å². The first kappa shape index (κ1) is 26.7. The summed E-state index contributed by atoms with van der Waals surface area (Å²) in [5.74, 6) is 0. The van der Waals surface area contributed by atoms with E-state index in [0.29, 0.717) is 0 Å². The number of nitrogens with zero attached hydrogens (tertiary/aromatic N) is 2. The topological polar surface area (TPSA) is 17.8 Å². The second kappa shape index (κ2) is 15.0. The molecule has 4 rings (SSSR count). The van der Waals surface area contributed by atoms with Crippen molar-refractivity contribution >= 4 is 12.2 Å². The SMILES string of the molecule is CCCCCCCCCCCCc1ccc(-n2nc(C=Cc3ccccc3)cc2-c2ccccc2)cc1. The van der Waals surface area contributed by atoms with Crippen LogP contribution in [0, 0.1) is 0 Å². The van der Waals surface area contributed by atoms with Crippen molar-refractivity contribution in [3.63, 3.8) is 0 Å². The van der Waals surface area contributed by atoms with Crippen molar-refractivity contribution < 1.29 is 0 Å². The van der Waals surface area contributed by atoms with E-state index in [9.17, 15) is 0 Å². The van der Waals surface area contributed by atoms with Crippen molar-refractivity contribution in [3.8, 4) is 16.9 Å². The van der Waals surface area contributed by atoms with Gasteiger partial charge >= 0.3 is 0 Å². The molecule has 4 aromatic rings. The molecule has 0 fully saturated rings. The van der Waals surface area contributed by atoms with Gasteiger partial charge in [0, 0.05) is 5.56 Å². The average molecular weight is 491 g/mol. The lowest BCUT2D eigenvalue weighted by molar-refractivity contribution is 0.556. The number of rotatable bonds is 15. The molecule has 3 aromatic carbocycles. The Hall–Kier alpha value is -3.39. The van der Waals surface area contributed by atoms with Crippen LogP contribution in [-0.2, 0) is 6.42 Å². The van der Waals surface area contributed by atoms with Crippen LogP contribution < -0.4 is 0 Å². The zero-order valence-corrected chi connectivity index (χ0v) is 22.5. The van der Waals surface area contributed by atoms with Gasteiger partial charge in [-0.05, 0) is 48.2 Å². The van der Waals surface area contributed by atoms with Crippen molar-refractivity contribution in [1.82, 2.24) is 9.78 Å². The summed E-state index contributed by atoms with van der Waals surface area (Å²) in [4.78, 5) is 0. The van der Waals surface area contributed by atoms with Crippen molar-refractivity contribution in [2.24, 2.45) is 0 Å². The lowest BCUT2D eigenvalue weighted by atomic mass is 10.0. The second-order valence-corrected chi connectivity index (χ2v) is 10.1. The maximum atomic E-state index is 4.96. The minimum atomic E-state index is 0.956. The summed E-state index contributed by atoms with van der Waals surface area (Å²) in [7, 11) is 0. The first-order valence-electron chi connectivity index (χ1n) is 14.3. The molecule has 0 saturated heterocycles. The van der Waals surface area contributed by atoms with Gasteiger partial charge in [-0.1, -0.05) is 144 Å². The van der Waals surface area contributed by atoms with Gasteiger partial charge in [0.05, 0.1) is 17.1 Å². The molecule has 0 aliphatic carbocycles. The third kappa shape index (κ3) is 8.60. The molecule has 0 unspecified atom stereocenters. The minimum absolute atomic E-state index is 0.956. The maximum Gasteiger partial charge on any atom is 0.0862 e. The smallest absolute Gasteiger partial charge is 0.0862 e. The summed E-state index contributed by atoms with van der Waals surface area (Å²) < 4.78 is 2.07. The lowest BCUT2D eigenvalue weighted by Crippen LogP contribution is -1.99. The van der Waals surface area contributed by atoms with Gasteiger partial charge in [0.25, 0.3) is 0 Å². The highest BCUT2D eigenvalue weighted by Crippen LogP contribution is 2.25. The first-order valence-corrected chi connectivity index (χ1v) is 14.3. The predicted molar refractivity (Wildman–Crippen MR) is 160 cm³/mol. The van der Waals surface area contributed by atoms with Gasteiger partial charge in [-0.25, -0.2) is 4.68 Å². The number of hydrogen-bond donors (Lipinski definition) is 0. The molecule has 0 bridgehead atoms. The van der Waals surface area contributed by atoms with Gasteiger partial charge < -0.3 is 0 Å². The molecule has 0 spiro atoms. The summed E-state index contributed by atoms with van der Waals surface area (Å²) in [6, 6.07) is 32.1. The molecule has 0 saturated carbocycles.